The lowest BCUT2D eigenvalue weighted by molar-refractivity contribution is 0.474. The fraction of sp³-hybridized carbons (Fsp3) is 0.188. The Morgan fingerprint density at radius 3 is 2.35 bits per heavy atom. The van der Waals surface area contributed by atoms with Crippen LogP contribution in [0, 0.1) is 0 Å². The van der Waals surface area contributed by atoms with Crippen LogP contribution in [0.4, 0.5) is 0 Å². The van der Waals surface area contributed by atoms with Crippen molar-refractivity contribution in [1.29, 1.82) is 0 Å². The number of rotatable bonds is 2. The summed E-state index contributed by atoms with van der Waals surface area (Å²) in [5.41, 5.74) is 3.04. The highest BCUT2D eigenvalue weighted by atomic mass is 16.3. The van der Waals surface area contributed by atoms with Crippen LogP contribution in [0.5, 0.6) is 11.5 Å². The maximum atomic E-state index is 9.76. The summed E-state index contributed by atoms with van der Waals surface area (Å²) < 4.78 is 5.84. The highest BCUT2D eigenvalue weighted by molar-refractivity contribution is 5.81. The number of fused-ring (bicyclic) bond motifs is 1. The lowest BCUT2D eigenvalue weighted by Gasteiger charge is -2.05. The molecule has 0 saturated carbocycles. The van der Waals surface area contributed by atoms with E-state index in [0.29, 0.717) is 17.0 Å². The lowest BCUT2D eigenvalue weighted by atomic mass is 10.0. The van der Waals surface area contributed by atoms with Gasteiger partial charge in [-0.25, -0.2) is 4.98 Å². The minimum Gasteiger partial charge on any atom is -0.508 e. The number of oxazole rings is 1. The number of phenolic OH excluding ortho intramolecular Hbond substituents is 2. The first kappa shape index (κ1) is 12.5. The third-order valence-corrected chi connectivity index (χ3v) is 3.24. The third kappa shape index (κ3) is 2.09. The summed E-state index contributed by atoms with van der Waals surface area (Å²) in [6.45, 7) is 4.08. The van der Waals surface area contributed by atoms with Crippen molar-refractivity contribution < 1.29 is 14.6 Å². The predicted molar refractivity (Wildman–Crippen MR) is 76.9 cm³/mol. The molecule has 0 bridgehead atoms. The van der Waals surface area contributed by atoms with Gasteiger partial charge < -0.3 is 14.6 Å². The van der Waals surface area contributed by atoms with Crippen LogP contribution in [-0.4, -0.2) is 15.2 Å². The molecule has 2 aromatic carbocycles. The van der Waals surface area contributed by atoms with Crippen molar-refractivity contribution in [1.82, 2.24) is 4.98 Å². The van der Waals surface area contributed by atoms with Crippen molar-refractivity contribution in [3.8, 4) is 23.0 Å². The first-order chi connectivity index (χ1) is 9.54. The van der Waals surface area contributed by atoms with E-state index in [0.717, 1.165) is 11.1 Å². The normalized spacial score (nSPS) is 11.3. The zero-order chi connectivity index (χ0) is 14.3. The van der Waals surface area contributed by atoms with Crippen LogP contribution < -0.4 is 0 Å². The minimum absolute atomic E-state index is 0.187. The standard InChI is InChI=1S/C16H15NO3/c1-9(2)13-7-12(19)8-14-15(13)20-16(17-14)10-3-5-11(18)6-4-10/h3-9,18-19H,1-2H3. The van der Waals surface area contributed by atoms with Gasteiger partial charge in [0.05, 0.1) is 0 Å². The largest absolute Gasteiger partial charge is 0.508 e. The summed E-state index contributed by atoms with van der Waals surface area (Å²) in [6, 6.07) is 9.97. The molecule has 3 aromatic rings. The van der Waals surface area contributed by atoms with Gasteiger partial charge in [-0.05, 0) is 36.2 Å². The van der Waals surface area contributed by atoms with E-state index in [1.807, 2.05) is 13.8 Å². The van der Waals surface area contributed by atoms with Crippen LogP contribution in [0.3, 0.4) is 0 Å². The molecule has 102 valence electrons. The van der Waals surface area contributed by atoms with Gasteiger partial charge >= 0.3 is 0 Å². The molecule has 0 aliphatic carbocycles. The Morgan fingerprint density at radius 1 is 1.00 bits per heavy atom. The molecule has 0 saturated heterocycles. The summed E-state index contributed by atoms with van der Waals surface area (Å²) in [6.07, 6.45) is 0. The number of hydrogen-bond acceptors (Lipinski definition) is 4. The number of aromatic nitrogens is 1. The van der Waals surface area contributed by atoms with Crippen LogP contribution in [0.1, 0.15) is 25.3 Å². The number of nitrogens with zero attached hydrogens (tertiary/aromatic N) is 1. The lowest BCUT2D eigenvalue weighted by Crippen LogP contribution is -1.87. The predicted octanol–water partition coefficient (Wildman–Crippen LogP) is 4.03. The van der Waals surface area contributed by atoms with Gasteiger partial charge in [-0.3, -0.25) is 0 Å². The fourth-order valence-corrected chi connectivity index (χ4v) is 2.20. The molecule has 4 heteroatoms. The molecule has 0 aliphatic heterocycles. The molecule has 4 nitrogen and oxygen atoms in total. The second kappa shape index (κ2) is 4.56. The highest BCUT2D eigenvalue weighted by Gasteiger charge is 2.15. The van der Waals surface area contributed by atoms with Gasteiger partial charge in [-0.1, -0.05) is 13.8 Å². The van der Waals surface area contributed by atoms with Gasteiger partial charge in [0.25, 0.3) is 0 Å². The van der Waals surface area contributed by atoms with E-state index in [2.05, 4.69) is 4.98 Å². The Balaban J connectivity index is 2.19. The zero-order valence-corrected chi connectivity index (χ0v) is 11.3. The van der Waals surface area contributed by atoms with E-state index < -0.39 is 0 Å². The highest BCUT2D eigenvalue weighted by Crippen LogP contribution is 2.33. The summed E-state index contributed by atoms with van der Waals surface area (Å²) >= 11 is 0. The Kier molecular flexibility index (Phi) is 2.86. The van der Waals surface area contributed by atoms with Crippen LogP contribution in [-0.2, 0) is 0 Å². The molecule has 0 atom stereocenters. The van der Waals surface area contributed by atoms with Crippen molar-refractivity contribution in [2.45, 2.75) is 19.8 Å². The minimum atomic E-state index is 0.187. The summed E-state index contributed by atoms with van der Waals surface area (Å²) in [5, 5.41) is 19.1. The molecule has 0 radical (unpaired) electrons. The van der Waals surface area contributed by atoms with Gasteiger partial charge in [0, 0.05) is 17.2 Å². The molecule has 0 amide bonds. The third-order valence-electron chi connectivity index (χ3n) is 3.24. The zero-order valence-electron chi connectivity index (χ0n) is 11.3. The van der Waals surface area contributed by atoms with Crippen LogP contribution >= 0.6 is 0 Å². The summed E-state index contributed by atoms with van der Waals surface area (Å²) in [5.74, 6) is 1.09. The van der Waals surface area contributed by atoms with Crippen molar-refractivity contribution in [3.05, 3.63) is 42.0 Å². The Morgan fingerprint density at radius 2 is 1.70 bits per heavy atom. The SMILES string of the molecule is CC(C)c1cc(O)cc2nc(-c3ccc(O)cc3)oc12. The molecular weight excluding hydrogens is 254 g/mol. The number of aromatic hydroxyl groups is 2. The first-order valence-electron chi connectivity index (χ1n) is 6.47. The van der Waals surface area contributed by atoms with Gasteiger partial charge in [0.2, 0.25) is 5.89 Å². The van der Waals surface area contributed by atoms with Crippen molar-refractivity contribution >= 4 is 11.1 Å². The summed E-state index contributed by atoms with van der Waals surface area (Å²) in [4.78, 5) is 4.41. The smallest absolute Gasteiger partial charge is 0.227 e. The van der Waals surface area contributed by atoms with Crippen LogP contribution in [0.15, 0.2) is 40.8 Å². The van der Waals surface area contributed by atoms with E-state index in [1.54, 1.807) is 36.4 Å². The monoisotopic (exact) mass is 269 g/mol. The van der Waals surface area contributed by atoms with Crippen LogP contribution in [0.25, 0.3) is 22.6 Å². The Bertz CT molecular complexity index is 757. The van der Waals surface area contributed by atoms with Crippen molar-refractivity contribution in [2.24, 2.45) is 0 Å². The van der Waals surface area contributed by atoms with E-state index >= 15 is 0 Å². The van der Waals surface area contributed by atoms with Crippen LogP contribution in [0.2, 0.25) is 0 Å². The molecule has 3 rings (SSSR count). The van der Waals surface area contributed by atoms with Gasteiger partial charge in [-0.2, -0.15) is 0 Å². The van der Waals surface area contributed by atoms with E-state index in [1.165, 1.54) is 0 Å². The van der Waals surface area contributed by atoms with E-state index in [4.69, 9.17) is 4.42 Å². The second-order valence-electron chi connectivity index (χ2n) is 5.10. The fourth-order valence-electron chi connectivity index (χ4n) is 2.20. The first-order valence-corrected chi connectivity index (χ1v) is 6.47. The molecule has 0 fully saturated rings. The van der Waals surface area contributed by atoms with Crippen molar-refractivity contribution in [2.75, 3.05) is 0 Å². The van der Waals surface area contributed by atoms with E-state index in [9.17, 15) is 10.2 Å². The van der Waals surface area contributed by atoms with Gasteiger partial charge in [-0.15, -0.1) is 0 Å². The number of hydrogen-bond donors (Lipinski definition) is 2. The molecule has 0 aliphatic rings. The van der Waals surface area contributed by atoms with Crippen molar-refractivity contribution in [3.63, 3.8) is 0 Å². The van der Waals surface area contributed by atoms with E-state index in [-0.39, 0.29) is 17.4 Å². The second-order valence-corrected chi connectivity index (χ2v) is 5.10. The molecule has 0 unspecified atom stereocenters. The van der Waals surface area contributed by atoms with Gasteiger partial charge in [0.1, 0.15) is 17.0 Å². The Labute approximate surface area is 116 Å². The molecule has 1 heterocycles. The molecular formula is C16H15NO3. The molecule has 20 heavy (non-hydrogen) atoms. The molecule has 0 spiro atoms. The maximum Gasteiger partial charge on any atom is 0.227 e. The molecule has 2 N–H and O–H groups in total. The summed E-state index contributed by atoms with van der Waals surface area (Å²) in [7, 11) is 0. The van der Waals surface area contributed by atoms with Gasteiger partial charge in [0.15, 0.2) is 5.58 Å². The Hall–Kier alpha value is -2.49. The topological polar surface area (TPSA) is 66.5 Å². The quantitative estimate of drug-likeness (QED) is 0.737. The maximum absolute atomic E-state index is 9.76. The average Bonchev–Trinajstić information content (AvgIpc) is 2.81. The number of phenols is 2. The molecule has 1 aromatic heterocycles. The number of benzene rings is 2. The average molecular weight is 269 g/mol.